The zero-order valence-electron chi connectivity index (χ0n) is 24.1. The van der Waals surface area contributed by atoms with Gasteiger partial charge in [-0.25, -0.2) is 22.0 Å². The van der Waals surface area contributed by atoms with Gasteiger partial charge in [0.2, 0.25) is 0 Å². The molecule has 2 saturated carbocycles. The van der Waals surface area contributed by atoms with Gasteiger partial charge in [0.15, 0.2) is 17.5 Å². The summed E-state index contributed by atoms with van der Waals surface area (Å²) >= 11 is 0. The van der Waals surface area contributed by atoms with Crippen LogP contribution in [0.3, 0.4) is 0 Å². The van der Waals surface area contributed by atoms with Gasteiger partial charge in [-0.05, 0) is 103 Å². The minimum atomic E-state index is -3.60. The van der Waals surface area contributed by atoms with Crippen molar-refractivity contribution in [2.75, 3.05) is 0 Å². The summed E-state index contributed by atoms with van der Waals surface area (Å²) in [4.78, 5) is 0. The van der Waals surface area contributed by atoms with E-state index in [2.05, 4.69) is 6.92 Å². The molecule has 0 spiro atoms. The normalized spacial score (nSPS) is 22.7. The van der Waals surface area contributed by atoms with Crippen LogP contribution in [0.1, 0.15) is 95.1 Å². The van der Waals surface area contributed by atoms with E-state index in [0.29, 0.717) is 48.4 Å². The van der Waals surface area contributed by atoms with Crippen LogP contribution in [0.25, 0.3) is 11.1 Å². The van der Waals surface area contributed by atoms with E-state index < -0.39 is 41.0 Å². The summed E-state index contributed by atoms with van der Waals surface area (Å²) in [5, 5.41) is 0. The molecule has 0 saturated heterocycles. The molecule has 3 aromatic rings. The maximum Gasteiger partial charge on any atom is 0.400 e. The smallest absolute Gasteiger partial charge is 0.400 e. The van der Waals surface area contributed by atoms with Crippen LogP contribution in [0.2, 0.25) is 0 Å². The molecular weight excluding hydrogens is 557 g/mol. The first-order chi connectivity index (χ1) is 20.0. The maximum absolute atomic E-state index is 15.1. The molecule has 3 aromatic carbocycles. The molecule has 2 aliphatic rings. The predicted molar refractivity (Wildman–Crippen MR) is 150 cm³/mol. The van der Waals surface area contributed by atoms with Crippen LogP contribution in [0.4, 0.5) is 30.7 Å². The lowest BCUT2D eigenvalue weighted by Crippen LogP contribution is -2.37. The van der Waals surface area contributed by atoms with Crippen molar-refractivity contribution >= 4 is 0 Å². The van der Waals surface area contributed by atoms with Crippen LogP contribution >= 0.6 is 0 Å². The van der Waals surface area contributed by atoms with Gasteiger partial charge in [0.05, 0.1) is 5.92 Å². The fraction of sp³-hybridized carbons (Fsp3) is 0.471. The molecule has 1 nitrogen and oxygen atoms in total. The van der Waals surface area contributed by atoms with Crippen molar-refractivity contribution in [1.82, 2.24) is 0 Å². The van der Waals surface area contributed by atoms with E-state index in [1.165, 1.54) is 0 Å². The first kappa shape index (κ1) is 31.9. The topological polar surface area (TPSA) is 9.23 Å². The molecule has 0 aliphatic heterocycles. The average molecular weight is 595 g/mol. The molecule has 0 heterocycles. The van der Waals surface area contributed by atoms with Gasteiger partial charge >= 0.3 is 6.11 Å². The molecule has 0 radical (unpaired) electrons. The molecule has 0 N–H and O–H groups in total. The molecule has 0 amide bonds. The second-order valence-electron chi connectivity index (χ2n) is 11.3. The van der Waals surface area contributed by atoms with Crippen molar-refractivity contribution < 1.29 is 35.5 Å². The number of ether oxygens (including phenoxy) is 1. The Bertz CT molecular complexity index is 1330. The molecule has 0 aromatic heterocycles. The van der Waals surface area contributed by atoms with E-state index in [9.17, 15) is 17.6 Å². The number of benzene rings is 3. The second kappa shape index (κ2) is 13.5. The predicted octanol–water partition coefficient (Wildman–Crippen LogP) is 11.3. The summed E-state index contributed by atoms with van der Waals surface area (Å²) in [6, 6.07) is 9.48. The van der Waals surface area contributed by atoms with Gasteiger partial charge < -0.3 is 4.74 Å². The first-order valence-corrected chi connectivity index (χ1v) is 14.8. The molecular formula is C34H37F7O. The third kappa shape index (κ3) is 7.12. The zero-order chi connectivity index (χ0) is 30.6. The Morgan fingerprint density at radius 2 is 1.24 bits per heavy atom. The summed E-state index contributed by atoms with van der Waals surface area (Å²) in [6.07, 6.45) is 1.73. The Labute approximate surface area is 243 Å². The van der Waals surface area contributed by atoms with E-state index in [1.807, 2.05) is 26.0 Å². The highest BCUT2D eigenvalue weighted by Crippen LogP contribution is 2.45. The van der Waals surface area contributed by atoms with Crippen LogP contribution < -0.4 is 4.74 Å². The Kier molecular flexibility index (Phi) is 10.3. The molecule has 8 heteroatoms. The third-order valence-electron chi connectivity index (χ3n) is 8.64. The molecule has 0 atom stereocenters. The van der Waals surface area contributed by atoms with Crippen LogP contribution in [-0.4, -0.2) is 6.11 Å². The van der Waals surface area contributed by atoms with Crippen molar-refractivity contribution in [3.63, 3.8) is 0 Å². The van der Waals surface area contributed by atoms with Crippen molar-refractivity contribution in [2.24, 2.45) is 11.8 Å². The van der Waals surface area contributed by atoms with Crippen LogP contribution in [0.15, 0.2) is 48.5 Å². The average Bonchev–Trinajstić information content (AvgIpc) is 2.97. The number of hydrogen-bond acceptors (Lipinski definition) is 1. The monoisotopic (exact) mass is 594 g/mol. The lowest BCUT2D eigenvalue weighted by molar-refractivity contribution is -0.222. The number of rotatable bonds is 6. The van der Waals surface area contributed by atoms with Crippen molar-refractivity contribution in [3.05, 3.63) is 88.7 Å². The SMILES string of the molecule is CC.CC1CCC(c2ccc(C3CCC(C(F)(F)Oc4ccc(-c5cc(F)c(F)c(F)c5)c(F)c4)CC3)c(F)c2)CC1. The van der Waals surface area contributed by atoms with Crippen molar-refractivity contribution in [1.29, 1.82) is 0 Å². The largest absolute Gasteiger partial charge is 0.432 e. The summed E-state index contributed by atoms with van der Waals surface area (Å²) in [5.74, 6) is -6.69. The fourth-order valence-corrected chi connectivity index (χ4v) is 6.21. The van der Waals surface area contributed by atoms with Gasteiger partial charge in [-0.2, -0.15) is 8.78 Å². The third-order valence-corrected chi connectivity index (χ3v) is 8.64. The van der Waals surface area contributed by atoms with Gasteiger partial charge in [-0.1, -0.05) is 45.7 Å². The highest BCUT2D eigenvalue weighted by atomic mass is 19.3. The lowest BCUT2D eigenvalue weighted by Gasteiger charge is -2.34. The zero-order valence-corrected chi connectivity index (χ0v) is 24.1. The van der Waals surface area contributed by atoms with Gasteiger partial charge in [0.25, 0.3) is 0 Å². The summed E-state index contributed by atoms with van der Waals surface area (Å²) in [5.41, 5.74) is 0.996. The minimum absolute atomic E-state index is 0.105. The Morgan fingerprint density at radius 3 is 1.81 bits per heavy atom. The van der Waals surface area contributed by atoms with E-state index in [-0.39, 0.29) is 35.7 Å². The number of hydrogen-bond donors (Lipinski definition) is 0. The molecule has 228 valence electrons. The number of halogens is 7. The van der Waals surface area contributed by atoms with E-state index in [1.54, 1.807) is 6.07 Å². The number of alkyl halides is 2. The highest BCUT2D eigenvalue weighted by molar-refractivity contribution is 5.65. The minimum Gasteiger partial charge on any atom is -0.432 e. The molecule has 0 bridgehead atoms. The lowest BCUT2D eigenvalue weighted by atomic mass is 9.76. The van der Waals surface area contributed by atoms with Crippen LogP contribution in [-0.2, 0) is 0 Å². The summed E-state index contributed by atoms with van der Waals surface area (Å²) < 4.78 is 105. The fourth-order valence-electron chi connectivity index (χ4n) is 6.21. The Morgan fingerprint density at radius 1 is 0.643 bits per heavy atom. The van der Waals surface area contributed by atoms with E-state index in [4.69, 9.17) is 4.74 Å². The molecule has 42 heavy (non-hydrogen) atoms. The van der Waals surface area contributed by atoms with E-state index in [0.717, 1.165) is 43.4 Å². The highest BCUT2D eigenvalue weighted by Gasteiger charge is 2.44. The summed E-state index contributed by atoms with van der Waals surface area (Å²) in [7, 11) is 0. The molecule has 2 fully saturated rings. The Balaban J connectivity index is 0.00000198. The molecule has 0 unspecified atom stereocenters. The second-order valence-corrected chi connectivity index (χ2v) is 11.3. The maximum atomic E-state index is 15.1. The van der Waals surface area contributed by atoms with Gasteiger partial charge in [0, 0.05) is 11.6 Å². The quantitative estimate of drug-likeness (QED) is 0.204. The van der Waals surface area contributed by atoms with Crippen molar-refractivity contribution in [3.8, 4) is 16.9 Å². The van der Waals surface area contributed by atoms with Crippen LogP contribution in [0, 0.1) is 40.9 Å². The molecule has 5 rings (SSSR count). The first-order valence-electron chi connectivity index (χ1n) is 14.8. The van der Waals surface area contributed by atoms with Gasteiger partial charge in [0.1, 0.15) is 17.4 Å². The van der Waals surface area contributed by atoms with E-state index >= 15 is 13.2 Å². The summed E-state index contributed by atoms with van der Waals surface area (Å²) in [6.45, 7) is 6.24. The molecule has 2 aliphatic carbocycles. The Hall–Kier alpha value is -3.03. The van der Waals surface area contributed by atoms with Gasteiger partial charge in [-0.3, -0.25) is 0 Å². The van der Waals surface area contributed by atoms with Crippen LogP contribution in [0.5, 0.6) is 5.75 Å². The van der Waals surface area contributed by atoms with Gasteiger partial charge in [-0.15, -0.1) is 0 Å². The van der Waals surface area contributed by atoms with Crippen molar-refractivity contribution in [2.45, 2.75) is 90.1 Å². The standard InChI is InChI=1S/C32H31F7O.C2H6/c1-18-2-4-19(5-3-18)21-8-12-25(27(33)14-21)20-6-9-23(10-7-20)32(38,39)40-24-11-13-26(28(34)17-24)22-15-29(35)31(37)30(36)16-22;1-2/h8,11-20,23H,2-7,9-10H2,1H3;1-2H3.